The zero-order valence-electron chi connectivity index (χ0n) is 24.1. The average molecular weight is 603 g/mol. The fraction of sp³-hybridized carbons (Fsp3) is 0.219. The molecule has 0 bridgehead atoms. The number of hydrogen-bond donors (Lipinski definition) is 1. The number of amides is 3. The van der Waals surface area contributed by atoms with E-state index in [2.05, 4.69) is 4.72 Å². The van der Waals surface area contributed by atoms with Crippen molar-refractivity contribution in [3.05, 3.63) is 89.0 Å². The zero-order chi connectivity index (χ0) is 30.9. The van der Waals surface area contributed by atoms with E-state index in [1.165, 1.54) is 25.3 Å². The Kier molecular flexibility index (Phi) is 8.10. The Bertz CT molecular complexity index is 1800. The largest absolute Gasteiger partial charge is 0.495 e. The summed E-state index contributed by atoms with van der Waals surface area (Å²) in [6.45, 7) is 5.97. The van der Waals surface area contributed by atoms with Crippen molar-refractivity contribution in [3.63, 3.8) is 0 Å². The Morgan fingerprint density at radius 2 is 1.40 bits per heavy atom. The molecule has 3 amide bonds. The molecule has 0 aliphatic carbocycles. The minimum Gasteiger partial charge on any atom is -0.495 e. The first-order valence-corrected chi connectivity index (χ1v) is 15.1. The fourth-order valence-electron chi connectivity index (χ4n) is 5.11. The van der Waals surface area contributed by atoms with Gasteiger partial charge in [-0.05, 0) is 56.2 Å². The number of sulfonamides is 1. The summed E-state index contributed by atoms with van der Waals surface area (Å²) in [6, 6.07) is 18.0. The van der Waals surface area contributed by atoms with E-state index in [1.54, 1.807) is 45.0 Å². The smallest absolute Gasteiger partial charge is 0.270 e. The van der Waals surface area contributed by atoms with Gasteiger partial charge in [0.1, 0.15) is 22.1 Å². The third-order valence-corrected chi connectivity index (χ3v) is 8.36. The summed E-state index contributed by atoms with van der Waals surface area (Å²) in [7, 11) is -2.84. The molecule has 1 aliphatic heterocycles. The van der Waals surface area contributed by atoms with Gasteiger partial charge >= 0.3 is 0 Å². The van der Waals surface area contributed by atoms with Crippen molar-refractivity contribution in [1.29, 1.82) is 0 Å². The van der Waals surface area contributed by atoms with Gasteiger partial charge in [-0.2, -0.15) is 0 Å². The molecule has 1 aliphatic rings. The summed E-state index contributed by atoms with van der Waals surface area (Å²) in [6.07, 6.45) is -0.260. The molecule has 4 aromatic carbocycles. The maximum Gasteiger partial charge on any atom is 0.270 e. The van der Waals surface area contributed by atoms with Crippen LogP contribution in [0.15, 0.2) is 71.6 Å². The number of nitrogens with zero attached hydrogens (tertiary/aromatic N) is 1. The van der Waals surface area contributed by atoms with Crippen LogP contribution in [0.4, 0.5) is 5.69 Å². The predicted molar refractivity (Wildman–Crippen MR) is 161 cm³/mol. The fourth-order valence-corrected chi connectivity index (χ4v) is 6.24. The van der Waals surface area contributed by atoms with Gasteiger partial charge in [0.2, 0.25) is 5.91 Å². The SMILES string of the molecule is CCOc1c2c(c(OCC)c3ccccc13)C(=O)N(c1ccc(CC(=O)NS(=O)(=O)c3ccc(C)cc3OC)cc1)C2=O. The summed E-state index contributed by atoms with van der Waals surface area (Å²) in [5.41, 5.74) is 1.82. The topological polar surface area (TPSA) is 128 Å². The highest BCUT2D eigenvalue weighted by molar-refractivity contribution is 7.90. The molecule has 0 saturated heterocycles. The van der Waals surface area contributed by atoms with Gasteiger partial charge in [0.15, 0.2) is 0 Å². The lowest BCUT2D eigenvalue weighted by atomic mass is 9.99. The summed E-state index contributed by atoms with van der Waals surface area (Å²) in [5.74, 6) is -1.12. The number of benzene rings is 4. The van der Waals surface area contributed by atoms with Gasteiger partial charge in [-0.1, -0.05) is 42.5 Å². The number of hydrogen-bond acceptors (Lipinski definition) is 8. The molecule has 0 fully saturated rings. The number of aryl methyl sites for hydroxylation is 1. The van der Waals surface area contributed by atoms with Crippen LogP contribution in [0.5, 0.6) is 17.2 Å². The molecule has 0 radical (unpaired) electrons. The maximum atomic E-state index is 13.8. The van der Waals surface area contributed by atoms with Crippen LogP contribution in [0.2, 0.25) is 0 Å². The lowest BCUT2D eigenvalue weighted by Gasteiger charge is -2.15. The summed E-state index contributed by atoms with van der Waals surface area (Å²) in [5, 5.41) is 1.32. The number of fused-ring (bicyclic) bond motifs is 2. The second kappa shape index (κ2) is 11.8. The third kappa shape index (κ3) is 5.39. The van der Waals surface area contributed by atoms with Crippen molar-refractivity contribution < 1.29 is 37.0 Å². The zero-order valence-corrected chi connectivity index (χ0v) is 24.9. The van der Waals surface area contributed by atoms with Crippen molar-refractivity contribution in [2.45, 2.75) is 32.1 Å². The summed E-state index contributed by atoms with van der Waals surface area (Å²) < 4.78 is 44.7. The molecule has 11 heteroatoms. The van der Waals surface area contributed by atoms with Crippen molar-refractivity contribution in [2.24, 2.45) is 0 Å². The molecule has 0 atom stereocenters. The van der Waals surface area contributed by atoms with Crippen LogP contribution in [-0.2, 0) is 21.2 Å². The normalized spacial score (nSPS) is 12.8. The molecule has 5 rings (SSSR count). The van der Waals surface area contributed by atoms with E-state index in [4.69, 9.17) is 14.2 Å². The molecule has 4 aromatic rings. The van der Waals surface area contributed by atoms with Gasteiger partial charge in [-0.3, -0.25) is 14.4 Å². The summed E-state index contributed by atoms with van der Waals surface area (Å²) >= 11 is 0. The van der Waals surface area contributed by atoms with Gasteiger partial charge in [0.25, 0.3) is 21.8 Å². The molecule has 1 N–H and O–H groups in total. The van der Waals surface area contributed by atoms with Crippen LogP contribution >= 0.6 is 0 Å². The van der Waals surface area contributed by atoms with Crippen LogP contribution in [0, 0.1) is 6.92 Å². The Morgan fingerprint density at radius 3 is 1.91 bits per heavy atom. The van der Waals surface area contributed by atoms with Gasteiger partial charge in [-0.15, -0.1) is 0 Å². The van der Waals surface area contributed by atoms with Crippen LogP contribution in [-0.4, -0.2) is 46.5 Å². The standard InChI is InChI=1S/C32H30N2O8S/c1-5-41-29-22-9-7-8-10-23(22)30(42-6-2)28-27(29)31(36)34(32(28)37)21-14-12-20(13-15-21)18-26(35)33-43(38,39)25-16-11-19(3)17-24(25)40-4/h7-17H,5-6,18H2,1-4H3,(H,33,35). The van der Waals surface area contributed by atoms with E-state index in [9.17, 15) is 22.8 Å². The first-order valence-electron chi connectivity index (χ1n) is 13.6. The van der Waals surface area contributed by atoms with Gasteiger partial charge < -0.3 is 14.2 Å². The molecule has 222 valence electrons. The quantitative estimate of drug-likeness (QED) is 0.256. The summed E-state index contributed by atoms with van der Waals surface area (Å²) in [4.78, 5) is 41.1. The number of carbonyl (C=O) groups is 3. The van der Waals surface area contributed by atoms with E-state index in [1.807, 2.05) is 24.3 Å². The van der Waals surface area contributed by atoms with E-state index < -0.39 is 27.7 Å². The Morgan fingerprint density at radius 1 is 0.837 bits per heavy atom. The average Bonchev–Trinajstić information content (AvgIpc) is 3.24. The number of anilines is 1. The maximum absolute atomic E-state index is 13.8. The molecule has 0 spiro atoms. The van der Waals surface area contributed by atoms with E-state index >= 15 is 0 Å². The van der Waals surface area contributed by atoms with Crippen molar-refractivity contribution in [2.75, 3.05) is 25.2 Å². The minimum absolute atomic E-state index is 0.124. The Hall–Kier alpha value is -4.90. The first kappa shape index (κ1) is 29.6. The van der Waals surface area contributed by atoms with Gasteiger partial charge in [0.05, 0.1) is 43.6 Å². The molecule has 0 unspecified atom stereocenters. The van der Waals surface area contributed by atoms with Crippen molar-refractivity contribution in [3.8, 4) is 17.2 Å². The molecule has 10 nitrogen and oxygen atoms in total. The number of ether oxygens (including phenoxy) is 3. The molecule has 43 heavy (non-hydrogen) atoms. The van der Waals surface area contributed by atoms with Crippen molar-refractivity contribution >= 4 is 44.2 Å². The minimum atomic E-state index is -4.19. The van der Waals surface area contributed by atoms with Gasteiger partial charge in [0, 0.05) is 10.8 Å². The second-order valence-electron chi connectivity index (χ2n) is 9.79. The Labute approximate surface area is 249 Å². The number of carbonyl (C=O) groups excluding carboxylic acids is 3. The second-order valence-corrected chi connectivity index (χ2v) is 11.4. The number of rotatable bonds is 10. The highest BCUT2D eigenvalue weighted by Crippen LogP contribution is 2.46. The lowest BCUT2D eigenvalue weighted by molar-refractivity contribution is -0.118. The van der Waals surface area contributed by atoms with E-state index in [0.717, 1.165) is 10.5 Å². The monoisotopic (exact) mass is 602 g/mol. The third-order valence-electron chi connectivity index (χ3n) is 6.95. The first-order chi connectivity index (χ1) is 20.6. The molecule has 1 heterocycles. The molecular weight excluding hydrogens is 572 g/mol. The lowest BCUT2D eigenvalue weighted by Crippen LogP contribution is -2.32. The van der Waals surface area contributed by atoms with Gasteiger partial charge in [-0.25, -0.2) is 18.0 Å². The van der Waals surface area contributed by atoms with E-state index in [-0.39, 0.29) is 47.1 Å². The van der Waals surface area contributed by atoms with Crippen LogP contribution in [0.25, 0.3) is 10.8 Å². The number of imide groups is 1. The van der Waals surface area contributed by atoms with E-state index in [0.29, 0.717) is 27.8 Å². The highest BCUT2D eigenvalue weighted by atomic mass is 32.2. The molecule has 0 aromatic heterocycles. The van der Waals surface area contributed by atoms with Crippen LogP contribution in [0.3, 0.4) is 0 Å². The number of methoxy groups -OCH3 is 1. The van der Waals surface area contributed by atoms with Crippen LogP contribution < -0.4 is 23.8 Å². The number of nitrogens with one attached hydrogen (secondary N) is 1. The predicted octanol–water partition coefficient (Wildman–Crippen LogP) is 4.80. The Balaban J connectivity index is 1.41. The van der Waals surface area contributed by atoms with Crippen LogP contribution in [0.1, 0.15) is 45.7 Å². The van der Waals surface area contributed by atoms with Crippen molar-refractivity contribution in [1.82, 2.24) is 4.72 Å². The molecule has 0 saturated carbocycles. The highest BCUT2D eigenvalue weighted by Gasteiger charge is 2.43. The molecular formula is C32H30N2O8S.